The average molecular weight is 342 g/mol. The van der Waals surface area contributed by atoms with Crippen molar-refractivity contribution in [2.24, 2.45) is 10.7 Å². The van der Waals surface area contributed by atoms with E-state index < -0.39 is 0 Å². The van der Waals surface area contributed by atoms with E-state index in [0.717, 1.165) is 0 Å². The zero-order valence-corrected chi connectivity index (χ0v) is 15.0. The molecule has 0 aromatic carbocycles. The Hall–Kier alpha value is -2.97. The van der Waals surface area contributed by atoms with E-state index in [4.69, 9.17) is 16.0 Å². The van der Waals surface area contributed by atoms with E-state index in [2.05, 4.69) is 25.2 Å². The van der Waals surface area contributed by atoms with Crippen LogP contribution in [0.3, 0.4) is 0 Å². The number of anilines is 1. The van der Waals surface area contributed by atoms with E-state index in [1.807, 2.05) is 27.7 Å². The smallest absolute Gasteiger partial charge is 0.164 e. The fourth-order valence-corrected chi connectivity index (χ4v) is 2.74. The summed E-state index contributed by atoms with van der Waals surface area (Å²) in [6, 6.07) is 0.0858. The van der Waals surface area contributed by atoms with E-state index in [0.29, 0.717) is 45.4 Å². The average Bonchev–Trinajstić information content (AvgIpc) is 3.16. The summed E-state index contributed by atoms with van der Waals surface area (Å²) in [4.78, 5) is 12.5. The van der Waals surface area contributed by atoms with Crippen molar-refractivity contribution in [2.75, 3.05) is 12.8 Å². The lowest BCUT2D eigenvalue weighted by Crippen LogP contribution is -2.16. The normalized spacial score (nSPS) is 12.7. The van der Waals surface area contributed by atoms with E-state index >= 15 is 0 Å². The SMILES string of the molecule is CN=C(N)c1c(-c2nn(C(C)C)c3ncnc(N)c23)noc1C(C)C. The van der Waals surface area contributed by atoms with Gasteiger partial charge in [0.2, 0.25) is 0 Å². The maximum absolute atomic E-state index is 6.12. The minimum atomic E-state index is 0.0858. The molecule has 0 aliphatic heterocycles. The van der Waals surface area contributed by atoms with Crippen LogP contribution >= 0.6 is 0 Å². The first-order chi connectivity index (χ1) is 11.9. The van der Waals surface area contributed by atoms with Crippen molar-refractivity contribution in [3.63, 3.8) is 0 Å². The van der Waals surface area contributed by atoms with Crippen LogP contribution in [0.2, 0.25) is 0 Å². The van der Waals surface area contributed by atoms with E-state index in [1.54, 1.807) is 11.7 Å². The summed E-state index contributed by atoms with van der Waals surface area (Å²) in [6.45, 7) is 8.03. The number of rotatable bonds is 4. The number of aliphatic imine (C=N–C) groups is 1. The van der Waals surface area contributed by atoms with Crippen molar-refractivity contribution in [1.29, 1.82) is 0 Å². The third-order valence-electron chi connectivity index (χ3n) is 3.97. The standard InChI is InChI=1S/C16H22N8O/c1-7(2)13-9(14(17)19-5)12(23-25-13)11-10-15(18)20-6-21-16(10)24(22-11)8(3)4/h6-8H,1-5H3,(H2,17,19)(H2,18,20,21). The highest BCUT2D eigenvalue weighted by molar-refractivity contribution is 6.07. The van der Waals surface area contributed by atoms with Gasteiger partial charge in [-0.05, 0) is 13.8 Å². The second-order valence-corrected chi connectivity index (χ2v) is 6.38. The Labute approximate surface area is 145 Å². The molecule has 0 aliphatic carbocycles. The minimum Gasteiger partial charge on any atom is -0.383 e. The highest BCUT2D eigenvalue weighted by Crippen LogP contribution is 2.35. The predicted octanol–water partition coefficient (Wildman–Crippen LogP) is 2.10. The molecule has 3 rings (SSSR count). The molecule has 0 fully saturated rings. The lowest BCUT2D eigenvalue weighted by molar-refractivity contribution is 0.372. The molecule has 0 bridgehead atoms. The van der Waals surface area contributed by atoms with Gasteiger partial charge in [0.25, 0.3) is 0 Å². The number of nitrogens with zero attached hydrogens (tertiary/aromatic N) is 6. The predicted molar refractivity (Wildman–Crippen MR) is 96.4 cm³/mol. The maximum atomic E-state index is 6.12. The summed E-state index contributed by atoms with van der Waals surface area (Å²) in [5, 5.41) is 9.52. The fraction of sp³-hybridized carbons (Fsp3) is 0.438. The molecule has 0 aliphatic rings. The topological polar surface area (TPSA) is 134 Å². The maximum Gasteiger partial charge on any atom is 0.164 e. The number of hydrogen-bond acceptors (Lipinski definition) is 7. The van der Waals surface area contributed by atoms with Crippen LogP contribution in [0.1, 0.15) is 51.0 Å². The Morgan fingerprint density at radius 2 is 1.92 bits per heavy atom. The summed E-state index contributed by atoms with van der Waals surface area (Å²) in [5.74, 6) is 1.41. The van der Waals surface area contributed by atoms with Crippen LogP contribution < -0.4 is 11.5 Å². The quantitative estimate of drug-likeness (QED) is 0.547. The number of nitrogens with two attached hydrogens (primary N) is 2. The summed E-state index contributed by atoms with van der Waals surface area (Å²) < 4.78 is 7.34. The molecule has 0 saturated heterocycles. The van der Waals surface area contributed by atoms with Crippen LogP contribution in [0, 0.1) is 0 Å². The molecule has 0 saturated carbocycles. The number of fused-ring (bicyclic) bond motifs is 1. The molecule has 3 aromatic rings. The highest BCUT2D eigenvalue weighted by Gasteiger charge is 2.28. The Bertz CT molecular complexity index is 951. The molecule has 132 valence electrons. The van der Waals surface area contributed by atoms with Crippen molar-refractivity contribution < 1.29 is 4.52 Å². The van der Waals surface area contributed by atoms with Gasteiger partial charge < -0.3 is 16.0 Å². The van der Waals surface area contributed by atoms with E-state index in [9.17, 15) is 0 Å². The molecule has 9 nitrogen and oxygen atoms in total. The molecule has 3 heterocycles. The number of nitrogen functional groups attached to an aromatic ring is 1. The van der Waals surface area contributed by atoms with E-state index in [-0.39, 0.29) is 12.0 Å². The number of aromatic nitrogens is 5. The van der Waals surface area contributed by atoms with Crippen molar-refractivity contribution in [3.8, 4) is 11.4 Å². The number of hydrogen-bond donors (Lipinski definition) is 2. The molecule has 0 unspecified atom stereocenters. The molecule has 0 atom stereocenters. The third kappa shape index (κ3) is 2.61. The summed E-state index contributed by atoms with van der Waals surface area (Å²) in [7, 11) is 1.62. The molecule has 25 heavy (non-hydrogen) atoms. The third-order valence-corrected chi connectivity index (χ3v) is 3.97. The van der Waals surface area contributed by atoms with Gasteiger partial charge in [-0.2, -0.15) is 5.10 Å². The van der Waals surface area contributed by atoms with Gasteiger partial charge in [-0.1, -0.05) is 19.0 Å². The molecule has 0 amide bonds. The van der Waals surface area contributed by atoms with Crippen LogP contribution in [-0.4, -0.2) is 37.8 Å². The Kier molecular flexibility index (Phi) is 4.15. The molecular weight excluding hydrogens is 320 g/mol. The van der Waals surface area contributed by atoms with Crippen molar-refractivity contribution in [2.45, 2.75) is 39.7 Å². The van der Waals surface area contributed by atoms with Gasteiger partial charge in [-0.3, -0.25) is 4.99 Å². The van der Waals surface area contributed by atoms with Gasteiger partial charge in [0.1, 0.15) is 29.4 Å². The monoisotopic (exact) mass is 342 g/mol. The zero-order valence-electron chi connectivity index (χ0n) is 15.0. The van der Waals surface area contributed by atoms with Crippen molar-refractivity contribution in [1.82, 2.24) is 24.9 Å². The highest BCUT2D eigenvalue weighted by atomic mass is 16.5. The van der Waals surface area contributed by atoms with Gasteiger partial charge in [0, 0.05) is 19.0 Å². The molecule has 3 aromatic heterocycles. The van der Waals surface area contributed by atoms with E-state index in [1.165, 1.54) is 6.33 Å². The van der Waals surface area contributed by atoms with Gasteiger partial charge in [-0.25, -0.2) is 14.6 Å². The Balaban J connectivity index is 2.39. The van der Waals surface area contributed by atoms with Crippen LogP contribution in [0.15, 0.2) is 15.8 Å². The summed E-state index contributed by atoms with van der Waals surface area (Å²) >= 11 is 0. The number of amidine groups is 1. The molecular formula is C16H22N8O. The second kappa shape index (κ2) is 6.15. The second-order valence-electron chi connectivity index (χ2n) is 6.38. The fourth-order valence-electron chi connectivity index (χ4n) is 2.74. The molecule has 0 spiro atoms. The van der Waals surface area contributed by atoms with Gasteiger partial charge >= 0.3 is 0 Å². The van der Waals surface area contributed by atoms with Crippen LogP contribution in [0.25, 0.3) is 22.4 Å². The van der Waals surface area contributed by atoms with Crippen molar-refractivity contribution >= 4 is 22.7 Å². The minimum absolute atomic E-state index is 0.0858. The molecule has 9 heteroatoms. The first-order valence-corrected chi connectivity index (χ1v) is 8.08. The van der Waals surface area contributed by atoms with Crippen molar-refractivity contribution in [3.05, 3.63) is 17.7 Å². The summed E-state index contributed by atoms with van der Waals surface area (Å²) in [5.41, 5.74) is 14.5. The van der Waals surface area contributed by atoms with Crippen LogP contribution in [-0.2, 0) is 0 Å². The zero-order chi connectivity index (χ0) is 18.3. The van der Waals surface area contributed by atoms with Gasteiger partial charge in [-0.15, -0.1) is 0 Å². The Morgan fingerprint density at radius 1 is 1.20 bits per heavy atom. The molecule has 4 N–H and O–H groups in total. The first-order valence-electron chi connectivity index (χ1n) is 8.08. The van der Waals surface area contributed by atoms with Gasteiger partial charge in [0.05, 0.1) is 10.9 Å². The van der Waals surface area contributed by atoms with Gasteiger partial charge in [0.15, 0.2) is 11.4 Å². The lowest BCUT2D eigenvalue weighted by Gasteiger charge is -2.05. The Morgan fingerprint density at radius 3 is 2.52 bits per heavy atom. The van der Waals surface area contributed by atoms with Crippen LogP contribution in [0.4, 0.5) is 5.82 Å². The lowest BCUT2D eigenvalue weighted by atomic mass is 10.0. The molecule has 0 radical (unpaired) electrons. The largest absolute Gasteiger partial charge is 0.383 e. The summed E-state index contributed by atoms with van der Waals surface area (Å²) in [6.07, 6.45) is 1.42. The van der Waals surface area contributed by atoms with Crippen LogP contribution in [0.5, 0.6) is 0 Å². The first kappa shape index (κ1) is 16.9.